The quantitative estimate of drug-likeness (QED) is 0.437. The topological polar surface area (TPSA) is 86.3 Å². The molecule has 2 saturated carbocycles. The number of hydrogen-bond donors (Lipinski definition) is 0. The molecule has 0 aromatic rings. The van der Waals surface area contributed by atoms with Gasteiger partial charge in [0.2, 0.25) is 0 Å². The Morgan fingerprint density at radius 3 is 2.45 bits per heavy atom. The van der Waals surface area contributed by atoms with Crippen molar-refractivity contribution in [2.24, 2.45) is 11.8 Å². The van der Waals surface area contributed by atoms with E-state index in [2.05, 4.69) is 15.9 Å². The molecule has 108 valence electrons. The Morgan fingerprint density at radius 2 is 1.90 bits per heavy atom. The van der Waals surface area contributed by atoms with Crippen LogP contribution in [-0.2, 0) is 0 Å². The highest BCUT2D eigenvalue weighted by Crippen LogP contribution is 2.54. The molecule has 0 aromatic carbocycles. The Hall–Kier alpha value is -0.890. The van der Waals surface area contributed by atoms with Crippen molar-refractivity contribution in [3.8, 4) is 0 Å². The van der Waals surface area contributed by atoms with Gasteiger partial charge in [0, 0.05) is 16.2 Å². The van der Waals surface area contributed by atoms with E-state index in [1.807, 2.05) is 0 Å². The summed E-state index contributed by atoms with van der Waals surface area (Å²) in [6.07, 6.45) is 6.42. The van der Waals surface area contributed by atoms with Gasteiger partial charge in [0.15, 0.2) is 0 Å². The number of allylic oxidation sites excluding steroid dienone is 1. The van der Waals surface area contributed by atoms with Gasteiger partial charge in [-0.2, -0.15) is 0 Å². The maximum absolute atomic E-state index is 11.1. The third kappa shape index (κ3) is 2.18. The van der Waals surface area contributed by atoms with Crippen molar-refractivity contribution in [3.63, 3.8) is 0 Å². The van der Waals surface area contributed by atoms with E-state index in [0.717, 1.165) is 0 Å². The molecule has 0 radical (unpaired) electrons. The van der Waals surface area contributed by atoms with Crippen molar-refractivity contribution in [3.05, 3.63) is 43.8 Å². The molecular weight excluding hydrogens is 348 g/mol. The number of nitrogens with zero attached hydrogens (tertiary/aromatic N) is 2. The van der Waals surface area contributed by atoms with Crippen LogP contribution >= 0.6 is 27.7 Å². The molecule has 5 atom stereocenters. The summed E-state index contributed by atoms with van der Waals surface area (Å²) in [6, 6.07) is 0. The van der Waals surface area contributed by atoms with Crippen LogP contribution in [0.3, 0.4) is 0 Å². The highest BCUT2D eigenvalue weighted by Gasteiger charge is 2.49. The maximum Gasteiger partial charge on any atom is 0.342 e. The van der Waals surface area contributed by atoms with E-state index < -0.39 is 15.1 Å². The number of alkyl halides is 1. The van der Waals surface area contributed by atoms with Gasteiger partial charge < -0.3 is 0 Å². The fraction of sp³-hybridized carbons (Fsp3) is 0.667. The molecule has 3 rings (SSSR count). The lowest BCUT2D eigenvalue weighted by Crippen LogP contribution is -2.28. The van der Waals surface area contributed by atoms with Gasteiger partial charge in [0.25, 0.3) is 0 Å². The van der Waals surface area contributed by atoms with E-state index in [0.29, 0.717) is 21.9 Å². The van der Waals surface area contributed by atoms with Crippen molar-refractivity contribution in [1.82, 2.24) is 0 Å². The smallest absolute Gasteiger partial charge is 0.258 e. The first-order chi connectivity index (χ1) is 9.49. The van der Waals surface area contributed by atoms with Crippen LogP contribution in [-0.4, -0.2) is 25.2 Å². The summed E-state index contributed by atoms with van der Waals surface area (Å²) in [7, 11) is 0. The molecule has 0 saturated heterocycles. The molecular formula is C12H13BrN2O4S. The van der Waals surface area contributed by atoms with E-state index >= 15 is 0 Å². The summed E-state index contributed by atoms with van der Waals surface area (Å²) in [5.41, 5.74) is -0.649. The molecule has 20 heavy (non-hydrogen) atoms. The van der Waals surface area contributed by atoms with Gasteiger partial charge in [-0.25, -0.2) is 0 Å². The average molecular weight is 361 g/mol. The van der Waals surface area contributed by atoms with Crippen molar-refractivity contribution >= 4 is 27.7 Å². The van der Waals surface area contributed by atoms with Crippen LogP contribution in [0.4, 0.5) is 0 Å². The van der Waals surface area contributed by atoms with Gasteiger partial charge in [-0.3, -0.25) is 20.2 Å². The first kappa shape index (κ1) is 14.1. The molecule has 3 aliphatic rings. The Kier molecular flexibility index (Phi) is 3.62. The zero-order chi connectivity index (χ0) is 14.4. The van der Waals surface area contributed by atoms with Crippen LogP contribution in [0.5, 0.6) is 0 Å². The van der Waals surface area contributed by atoms with Gasteiger partial charge in [0.05, 0.1) is 9.85 Å². The lowest BCUT2D eigenvalue weighted by Gasteiger charge is -2.27. The van der Waals surface area contributed by atoms with Gasteiger partial charge >= 0.3 is 11.4 Å². The molecule has 0 spiro atoms. The first-order valence-electron chi connectivity index (χ1n) is 6.49. The van der Waals surface area contributed by atoms with Gasteiger partial charge in [-0.15, -0.1) is 11.8 Å². The zero-order valence-corrected chi connectivity index (χ0v) is 12.9. The van der Waals surface area contributed by atoms with Gasteiger partial charge in [0.1, 0.15) is 5.25 Å². The van der Waals surface area contributed by atoms with E-state index in [-0.39, 0.29) is 11.4 Å². The van der Waals surface area contributed by atoms with E-state index in [1.54, 1.807) is 6.08 Å². The lowest BCUT2D eigenvalue weighted by molar-refractivity contribution is -0.466. The van der Waals surface area contributed by atoms with Gasteiger partial charge in [-0.1, -0.05) is 22.0 Å². The molecule has 8 heteroatoms. The largest absolute Gasteiger partial charge is 0.342 e. The number of rotatable bonds is 4. The molecule has 3 aliphatic carbocycles. The molecule has 0 aliphatic heterocycles. The number of hydrogen-bond acceptors (Lipinski definition) is 5. The summed E-state index contributed by atoms with van der Waals surface area (Å²) in [5, 5.41) is 21.8. The van der Waals surface area contributed by atoms with Crippen LogP contribution in [0.15, 0.2) is 23.5 Å². The van der Waals surface area contributed by atoms with Crippen LogP contribution in [0.2, 0.25) is 0 Å². The standard InChI is InChI=1S/C12H13BrN2O4S/c13-10-6-1-2-7(5-6)12(10)20-9-4-3-8(14(16)17)11(9)15(18)19/h3-4,6-7,9-10,12H,1-2,5H2/t6-,7-,9-,10-,12+/m1/s1. The Morgan fingerprint density at radius 1 is 1.20 bits per heavy atom. The Bertz CT molecular complexity index is 534. The molecule has 6 nitrogen and oxygen atoms in total. The minimum absolute atomic E-state index is 0.275. The molecule has 2 fully saturated rings. The van der Waals surface area contributed by atoms with Gasteiger partial charge in [-0.05, 0) is 31.1 Å². The number of halogens is 1. The predicted molar refractivity (Wildman–Crippen MR) is 78.9 cm³/mol. The highest BCUT2D eigenvalue weighted by molar-refractivity contribution is 9.09. The van der Waals surface area contributed by atoms with Crippen molar-refractivity contribution in [2.75, 3.05) is 0 Å². The van der Waals surface area contributed by atoms with E-state index in [1.165, 1.54) is 37.1 Å². The second-order valence-corrected chi connectivity index (χ2v) is 7.82. The first-order valence-corrected chi connectivity index (χ1v) is 8.35. The summed E-state index contributed by atoms with van der Waals surface area (Å²) >= 11 is 5.21. The normalized spacial score (nSPS) is 38.8. The lowest BCUT2D eigenvalue weighted by atomic mass is 10.0. The SMILES string of the molecule is O=[N+]([O-])C1=C([N+](=O)[O-])[C@H](S[C@H]2[C@@H]3CC[C@H](C3)[C@H]2Br)C=C1. The van der Waals surface area contributed by atoms with E-state index in [4.69, 9.17) is 0 Å². The number of nitro groups is 2. The Balaban J connectivity index is 1.80. The summed E-state index contributed by atoms with van der Waals surface area (Å²) in [5.74, 6) is 1.23. The van der Waals surface area contributed by atoms with Crippen LogP contribution in [0.1, 0.15) is 19.3 Å². The second kappa shape index (κ2) is 5.14. The predicted octanol–water partition coefficient (Wildman–Crippen LogP) is 2.99. The maximum atomic E-state index is 11.1. The Labute approximate surface area is 128 Å². The summed E-state index contributed by atoms with van der Waals surface area (Å²) < 4.78 is 0. The van der Waals surface area contributed by atoms with Crippen LogP contribution in [0.25, 0.3) is 0 Å². The molecule has 0 heterocycles. The molecule has 0 N–H and O–H groups in total. The van der Waals surface area contributed by atoms with Crippen LogP contribution < -0.4 is 0 Å². The van der Waals surface area contributed by atoms with Crippen molar-refractivity contribution in [1.29, 1.82) is 0 Å². The highest BCUT2D eigenvalue weighted by atomic mass is 79.9. The third-order valence-electron chi connectivity index (χ3n) is 4.40. The second-order valence-electron chi connectivity index (χ2n) is 5.44. The fourth-order valence-electron chi connectivity index (χ4n) is 3.49. The summed E-state index contributed by atoms with van der Waals surface area (Å²) in [4.78, 5) is 21.1. The zero-order valence-electron chi connectivity index (χ0n) is 10.5. The van der Waals surface area contributed by atoms with E-state index in [9.17, 15) is 20.2 Å². The van der Waals surface area contributed by atoms with Crippen molar-refractivity contribution < 1.29 is 9.85 Å². The average Bonchev–Trinajstić information content (AvgIpc) is 3.06. The van der Waals surface area contributed by atoms with Crippen molar-refractivity contribution in [2.45, 2.75) is 34.6 Å². The number of thioether (sulfide) groups is 1. The monoisotopic (exact) mass is 360 g/mol. The third-order valence-corrected chi connectivity index (χ3v) is 7.73. The fourth-order valence-corrected chi connectivity index (χ4v) is 6.46. The molecule has 0 amide bonds. The number of fused-ring (bicyclic) bond motifs is 2. The molecule has 2 bridgehead atoms. The summed E-state index contributed by atoms with van der Waals surface area (Å²) in [6.45, 7) is 0. The molecule has 0 unspecified atom stereocenters. The minimum atomic E-state index is -0.665. The minimum Gasteiger partial charge on any atom is -0.258 e. The van der Waals surface area contributed by atoms with Crippen LogP contribution in [0, 0.1) is 32.1 Å². The molecule has 0 aromatic heterocycles.